The van der Waals surface area contributed by atoms with Crippen molar-refractivity contribution in [3.63, 3.8) is 0 Å². The molecule has 1 aromatic carbocycles. The van der Waals surface area contributed by atoms with E-state index in [1.165, 1.54) is 5.56 Å². The van der Waals surface area contributed by atoms with E-state index in [1.807, 2.05) is 19.1 Å². The lowest BCUT2D eigenvalue weighted by Crippen LogP contribution is -2.44. The second-order valence-electron chi connectivity index (χ2n) is 5.09. The molecule has 1 rings (SSSR count). The Bertz CT molecular complexity index is 333. The van der Waals surface area contributed by atoms with E-state index in [2.05, 4.69) is 38.2 Å². The number of benzene rings is 1. The minimum Gasteiger partial charge on any atom is -0.327 e. The smallest absolute Gasteiger partial charge is 0.0406 e. The number of hydrogen-bond donors (Lipinski definition) is 2. The lowest BCUT2D eigenvalue weighted by atomic mass is 9.94. The van der Waals surface area contributed by atoms with Crippen LogP contribution in [0.1, 0.15) is 39.3 Å². The molecule has 0 aliphatic carbocycles. The van der Waals surface area contributed by atoms with Crippen LogP contribution in [-0.4, -0.2) is 12.1 Å². The van der Waals surface area contributed by atoms with Gasteiger partial charge in [0.15, 0.2) is 0 Å². The molecule has 0 heterocycles. The van der Waals surface area contributed by atoms with Crippen molar-refractivity contribution in [1.82, 2.24) is 5.32 Å². The Morgan fingerprint density at radius 2 is 1.59 bits per heavy atom. The highest BCUT2D eigenvalue weighted by Gasteiger charge is 2.19. The van der Waals surface area contributed by atoms with Gasteiger partial charge < -0.3 is 11.1 Å². The van der Waals surface area contributed by atoms with Crippen molar-refractivity contribution in [2.75, 3.05) is 0 Å². The van der Waals surface area contributed by atoms with Gasteiger partial charge in [-0.15, -0.1) is 0 Å². The second-order valence-corrected chi connectivity index (χ2v) is 5.52. The summed E-state index contributed by atoms with van der Waals surface area (Å²) in [5.41, 5.74) is 7.16. The summed E-state index contributed by atoms with van der Waals surface area (Å²) in [4.78, 5) is 0. The van der Waals surface area contributed by atoms with E-state index in [-0.39, 0.29) is 12.1 Å². The van der Waals surface area contributed by atoms with E-state index in [0.717, 1.165) is 5.02 Å². The van der Waals surface area contributed by atoms with E-state index in [9.17, 15) is 0 Å². The summed E-state index contributed by atoms with van der Waals surface area (Å²) in [7, 11) is 0. The molecule has 0 saturated heterocycles. The molecule has 96 valence electrons. The first-order chi connectivity index (χ1) is 7.91. The Hall–Kier alpha value is -0.570. The highest BCUT2D eigenvalue weighted by atomic mass is 35.5. The SMILES string of the molecule is CC(C)C(NC(C)C(C)N)c1ccc(Cl)cc1. The van der Waals surface area contributed by atoms with Gasteiger partial charge >= 0.3 is 0 Å². The Kier molecular flexibility index (Phi) is 5.44. The Morgan fingerprint density at radius 1 is 1.06 bits per heavy atom. The monoisotopic (exact) mass is 254 g/mol. The summed E-state index contributed by atoms with van der Waals surface area (Å²) in [5, 5.41) is 4.36. The Labute approximate surface area is 110 Å². The van der Waals surface area contributed by atoms with Crippen molar-refractivity contribution in [2.24, 2.45) is 11.7 Å². The zero-order valence-corrected chi connectivity index (χ0v) is 11.8. The molecule has 0 amide bonds. The minimum atomic E-state index is 0.142. The van der Waals surface area contributed by atoms with Gasteiger partial charge in [0.2, 0.25) is 0 Å². The van der Waals surface area contributed by atoms with Gasteiger partial charge in [-0.3, -0.25) is 0 Å². The van der Waals surface area contributed by atoms with Gasteiger partial charge in [-0.25, -0.2) is 0 Å². The molecule has 3 heteroatoms. The quantitative estimate of drug-likeness (QED) is 0.846. The zero-order valence-electron chi connectivity index (χ0n) is 11.1. The first kappa shape index (κ1) is 14.5. The third-order valence-corrected chi connectivity index (χ3v) is 3.38. The molecular formula is C14H23ClN2. The molecule has 0 saturated carbocycles. The van der Waals surface area contributed by atoms with Crippen LogP contribution in [0.25, 0.3) is 0 Å². The maximum atomic E-state index is 5.91. The van der Waals surface area contributed by atoms with Gasteiger partial charge in [-0.05, 0) is 37.5 Å². The largest absolute Gasteiger partial charge is 0.327 e. The predicted octanol–water partition coefficient (Wildman–Crippen LogP) is 3.36. The van der Waals surface area contributed by atoms with Crippen molar-refractivity contribution in [1.29, 1.82) is 0 Å². The molecule has 0 radical (unpaired) electrons. The standard InChI is InChI=1S/C14H23ClN2/c1-9(2)14(17-11(4)10(3)16)12-5-7-13(15)8-6-12/h5-11,14,17H,16H2,1-4H3. The van der Waals surface area contributed by atoms with Gasteiger partial charge in [0, 0.05) is 23.1 Å². The molecule has 0 bridgehead atoms. The molecule has 3 unspecified atom stereocenters. The lowest BCUT2D eigenvalue weighted by Gasteiger charge is -2.28. The van der Waals surface area contributed by atoms with E-state index in [0.29, 0.717) is 12.0 Å². The maximum absolute atomic E-state index is 5.91. The van der Waals surface area contributed by atoms with E-state index < -0.39 is 0 Å². The zero-order chi connectivity index (χ0) is 13.0. The fourth-order valence-electron chi connectivity index (χ4n) is 1.78. The fourth-order valence-corrected chi connectivity index (χ4v) is 1.90. The molecule has 1 aromatic rings. The van der Waals surface area contributed by atoms with Crippen LogP contribution in [-0.2, 0) is 0 Å². The fraction of sp³-hybridized carbons (Fsp3) is 0.571. The Balaban J connectivity index is 2.82. The van der Waals surface area contributed by atoms with E-state index >= 15 is 0 Å². The molecule has 17 heavy (non-hydrogen) atoms. The number of rotatable bonds is 5. The third-order valence-electron chi connectivity index (χ3n) is 3.13. The van der Waals surface area contributed by atoms with Crippen LogP contribution in [0, 0.1) is 5.92 Å². The summed E-state index contributed by atoms with van der Waals surface area (Å²) in [6, 6.07) is 8.77. The van der Waals surface area contributed by atoms with Crippen LogP contribution in [0.4, 0.5) is 0 Å². The molecular weight excluding hydrogens is 232 g/mol. The first-order valence-corrected chi connectivity index (χ1v) is 6.56. The molecule has 0 aliphatic rings. The second kappa shape index (κ2) is 6.39. The molecule has 2 nitrogen and oxygen atoms in total. The molecule has 0 aromatic heterocycles. The summed E-state index contributed by atoms with van der Waals surface area (Å²) in [5.74, 6) is 0.511. The van der Waals surface area contributed by atoms with Crippen molar-refractivity contribution in [2.45, 2.75) is 45.8 Å². The molecule has 0 fully saturated rings. The van der Waals surface area contributed by atoms with Crippen LogP contribution < -0.4 is 11.1 Å². The number of nitrogens with one attached hydrogen (secondary N) is 1. The summed E-state index contributed by atoms with van der Waals surface area (Å²) in [6.07, 6.45) is 0. The van der Waals surface area contributed by atoms with E-state index in [4.69, 9.17) is 17.3 Å². The van der Waals surface area contributed by atoms with Crippen LogP contribution in [0.2, 0.25) is 5.02 Å². The van der Waals surface area contributed by atoms with Crippen molar-refractivity contribution in [3.05, 3.63) is 34.9 Å². The predicted molar refractivity (Wildman–Crippen MR) is 75.3 cm³/mol. The molecule has 3 atom stereocenters. The normalized spacial score (nSPS) is 16.9. The van der Waals surface area contributed by atoms with Gasteiger partial charge in [0.1, 0.15) is 0 Å². The number of nitrogens with two attached hydrogens (primary N) is 1. The van der Waals surface area contributed by atoms with Crippen molar-refractivity contribution < 1.29 is 0 Å². The highest BCUT2D eigenvalue weighted by molar-refractivity contribution is 6.30. The lowest BCUT2D eigenvalue weighted by molar-refractivity contribution is 0.347. The Morgan fingerprint density at radius 3 is 2.00 bits per heavy atom. The van der Waals surface area contributed by atoms with Crippen molar-refractivity contribution in [3.8, 4) is 0 Å². The van der Waals surface area contributed by atoms with Gasteiger partial charge in [0.25, 0.3) is 0 Å². The number of hydrogen-bond acceptors (Lipinski definition) is 2. The molecule has 0 spiro atoms. The van der Waals surface area contributed by atoms with E-state index in [1.54, 1.807) is 0 Å². The average molecular weight is 255 g/mol. The van der Waals surface area contributed by atoms with Gasteiger partial charge in [0.05, 0.1) is 0 Å². The summed E-state index contributed by atoms with van der Waals surface area (Å²) < 4.78 is 0. The van der Waals surface area contributed by atoms with Gasteiger partial charge in [-0.2, -0.15) is 0 Å². The average Bonchev–Trinajstić information content (AvgIpc) is 2.26. The van der Waals surface area contributed by atoms with Gasteiger partial charge in [-0.1, -0.05) is 37.6 Å². The van der Waals surface area contributed by atoms with Crippen LogP contribution in [0.5, 0.6) is 0 Å². The highest BCUT2D eigenvalue weighted by Crippen LogP contribution is 2.24. The van der Waals surface area contributed by atoms with Crippen LogP contribution >= 0.6 is 11.6 Å². The molecule has 3 N–H and O–H groups in total. The topological polar surface area (TPSA) is 38.0 Å². The number of halogens is 1. The maximum Gasteiger partial charge on any atom is 0.0406 e. The summed E-state index contributed by atoms with van der Waals surface area (Å²) >= 11 is 5.91. The summed E-state index contributed by atoms with van der Waals surface area (Å²) in [6.45, 7) is 8.56. The van der Waals surface area contributed by atoms with Crippen LogP contribution in [0.15, 0.2) is 24.3 Å². The molecule has 0 aliphatic heterocycles. The van der Waals surface area contributed by atoms with Crippen LogP contribution in [0.3, 0.4) is 0 Å². The van der Waals surface area contributed by atoms with Crippen molar-refractivity contribution >= 4 is 11.6 Å². The minimum absolute atomic E-state index is 0.142. The first-order valence-electron chi connectivity index (χ1n) is 6.19. The third kappa shape index (κ3) is 4.30.